The normalized spacial score (nSPS) is 18.7. The van der Waals surface area contributed by atoms with Crippen LogP contribution in [0.15, 0.2) is 73.2 Å². The standard InChI is InChI=1S/C27H32N4O/c1-21(2)18-30-26(32)27(12-16-31(20-27)19-24-8-5-6-13-29-24)17-23-7-3-4-9-25(23)22-10-14-28-15-11-22/h3-11,13-15,21H,12,16-20H2,1-2H3,(H,30,32)/t27-/m0/s1. The van der Waals surface area contributed by atoms with Gasteiger partial charge in [-0.15, -0.1) is 0 Å². The quantitative estimate of drug-likeness (QED) is 0.579. The maximum absolute atomic E-state index is 13.6. The van der Waals surface area contributed by atoms with Gasteiger partial charge < -0.3 is 5.32 Å². The average molecular weight is 429 g/mol. The first-order valence-corrected chi connectivity index (χ1v) is 11.4. The lowest BCUT2D eigenvalue weighted by molar-refractivity contribution is -0.130. The van der Waals surface area contributed by atoms with E-state index < -0.39 is 5.41 Å². The summed E-state index contributed by atoms with van der Waals surface area (Å²) in [4.78, 5) is 24.6. The fourth-order valence-corrected chi connectivity index (χ4v) is 4.56. The Labute approximate surface area is 190 Å². The van der Waals surface area contributed by atoms with Crippen molar-refractivity contribution >= 4 is 5.91 Å². The van der Waals surface area contributed by atoms with E-state index in [0.717, 1.165) is 37.3 Å². The zero-order chi connectivity index (χ0) is 22.4. The molecule has 2 aromatic heterocycles. The van der Waals surface area contributed by atoms with Gasteiger partial charge in [0, 0.05) is 38.2 Å². The number of likely N-dealkylation sites (tertiary alicyclic amines) is 1. The lowest BCUT2D eigenvalue weighted by Gasteiger charge is -2.30. The van der Waals surface area contributed by atoms with Gasteiger partial charge in [0.1, 0.15) is 0 Å². The molecule has 0 bridgehead atoms. The number of amides is 1. The van der Waals surface area contributed by atoms with Crippen LogP contribution in [0.25, 0.3) is 11.1 Å². The lowest BCUT2D eigenvalue weighted by Crippen LogP contribution is -2.45. The van der Waals surface area contributed by atoms with E-state index in [1.165, 1.54) is 11.1 Å². The third-order valence-electron chi connectivity index (χ3n) is 6.23. The Morgan fingerprint density at radius 3 is 2.59 bits per heavy atom. The number of hydrogen-bond donors (Lipinski definition) is 1. The highest BCUT2D eigenvalue weighted by atomic mass is 16.2. The number of nitrogens with one attached hydrogen (secondary N) is 1. The van der Waals surface area contributed by atoms with Crippen molar-refractivity contribution in [1.29, 1.82) is 0 Å². The number of nitrogens with zero attached hydrogens (tertiary/aromatic N) is 3. The van der Waals surface area contributed by atoms with E-state index in [4.69, 9.17) is 0 Å². The van der Waals surface area contributed by atoms with E-state index in [0.29, 0.717) is 18.9 Å². The minimum atomic E-state index is -0.452. The second-order valence-corrected chi connectivity index (χ2v) is 9.24. The second kappa shape index (κ2) is 10.0. The summed E-state index contributed by atoms with van der Waals surface area (Å²) in [6.07, 6.45) is 7.03. The molecule has 5 nitrogen and oxygen atoms in total. The Morgan fingerprint density at radius 2 is 1.84 bits per heavy atom. The minimum Gasteiger partial charge on any atom is -0.355 e. The summed E-state index contributed by atoms with van der Waals surface area (Å²) in [5, 5.41) is 3.24. The number of pyridine rings is 2. The molecule has 1 saturated heterocycles. The van der Waals surface area contributed by atoms with E-state index in [9.17, 15) is 4.79 Å². The molecule has 32 heavy (non-hydrogen) atoms. The summed E-state index contributed by atoms with van der Waals surface area (Å²) >= 11 is 0. The van der Waals surface area contributed by atoms with Gasteiger partial charge in [-0.2, -0.15) is 0 Å². The SMILES string of the molecule is CC(C)CNC(=O)[C@]1(Cc2ccccc2-c2ccncc2)CCN(Cc2ccccn2)C1. The second-order valence-electron chi connectivity index (χ2n) is 9.24. The summed E-state index contributed by atoms with van der Waals surface area (Å²) in [6.45, 7) is 7.36. The van der Waals surface area contributed by atoms with Gasteiger partial charge in [-0.25, -0.2) is 0 Å². The van der Waals surface area contributed by atoms with Crippen LogP contribution >= 0.6 is 0 Å². The largest absolute Gasteiger partial charge is 0.355 e. The molecule has 1 N–H and O–H groups in total. The molecular formula is C27H32N4O. The molecule has 0 spiro atoms. The van der Waals surface area contributed by atoms with Gasteiger partial charge in [0.2, 0.25) is 5.91 Å². The van der Waals surface area contributed by atoms with E-state index >= 15 is 0 Å². The topological polar surface area (TPSA) is 58.1 Å². The van der Waals surface area contributed by atoms with E-state index in [2.05, 4.69) is 64.4 Å². The molecule has 166 valence electrons. The van der Waals surface area contributed by atoms with Crippen molar-refractivity contribution in [2.75, 3.05) is 19.6 Å². The van der Waals surface area contributed by atoms with Gasteiger partial charge >= 0.3 is 0 Å². The molecule has 0 radical (unpaired) electrons. The average Bonchev–Trinajstić information content (AvgIpc) is 3.22. The molecule has 1 aliphatic rings. The van der Waals surface area contributed by atoms with Crippen LogP contribution in [0.2, 0.25) is 0 Å². The van der Waals surface area contributed by atoms with Crippen molar-refractivity contribution in [3.8, 4) is 11.1 Å². The number of hydrogen-bond acceptors (Lipinski definition) is 4. The van der Waals surface area contributed by atoms with E-state index in [1.54, 1.807) is 0 Å². The summed E-state index contributed by atoms with van der Waals surface area (Å²) in [6, 6.07) is 18.5. The first kappa shape index (κ1) is 22.2. The smallest absolute Gasteiger partial charge is 0.227 e. The van der Waals surface area contributed by atoms with Crippen molar-refractivity contribution in [1.82, 2.24) is 20.2 Å². The number of rotatable bonds is 8. The van der Waals surface area contributed by atoms with Crippen molar-refractivity contribution in [3.05, 3.63) is 84.4 Å². The van der Waals surface area contributed by atoms with Crippen LogP contribution in [-0.4, -0.2) is 40.4 Å². The number of benzene rings is 1. The maximum atomic E-state index is 13.6. The molecule has 0 aliphatic carbocycles. The van der Waals surface area contributed by atoms with Crippen LogP contribution in [-0.2, 0) is 17.8 Å². The van der Waals surface area contributed by atoms with Crippen LogP contribution in [0.4, 0.5) is 0 Å². The lowest BCUT2D eigenvalue weighted by atomic mass is 9.78. The number of carbonyl (C=O) groups excluding carboxylic acids is 1. The van der Waals surface area contributed by atoms with Crippen molar-refractivity contribution < 1.29 is 4.79 Å². The highest BCUT2D eigenvalue weighted by molar-refractivity contribution is 5.84. The summed E-state index contributed by atoms with van der Waals surface area (Å²) < 4.78 is 0. The van der Waals surface area contributed by atoms with Gasteiger partial charge in [-0.05, 0) is 66.3 Å². The molecule has 1 aliphatic heterocycles. The summed E-state index contributed by atoms with van der Waals surface area (Å²) in [5.41, 5.74) is 4.11. The molecule has 1 aromatic carbocycles. The van der Waals surface area contributed by atoms with Crippen LogP contribution in [0.1, 0.15) is 31.5 Å². The van der Waals surface area contributed by atoms with E-state index in [-0.39, 0.29) is 5.91 Å². The zero-order valence-corrected chi connectivity index (χ0v) is 19.0. The highest BCUT2D eigenvalue weighted by Gasteiger charge is 2.44. The molecule has 0 saturated carbocycles. The van der Waals surface area contributed by atoms with Gasteiger partial charge in [0.05, 0.1) is 11.1 Å². The molecule has 1 atom stereocenters. The predicted molar refractivity (Wildman–Crippen MR) is 128 cm³/mol. The Balaban J connectivity index is 1.61. The van der Waals surface area contributed by atoms with Crippen LogP contribution < -0.4 is 5.32 Å². The third kappa shape index (κ3) is 5.22. The fourth-order valence-electron chi connectivity index (χ4n) is 4.56. The van der Waals surface area contributed by atoms with Crippen LogP contribution in [0.3, 0.4) is 0 Å². The monoisotopic (exact) mass is 428 g/mol. The molecular weight excluding hydrogens is 396 g/mol. The van der Waals surface area contributed by atoms with E-state index in [1.807, 2.05) is 42.9 Å². The minimum absolute atomic E-state index is 0.166. The molecule has 5 heteroatoms. The molecule has 1 fully saturated rings. The van der Waals surface area contributed by atoms with Crippen molar-refractivity contribution in [2.45, 2.75) is 33.2 Å². The Bertz CT molecular complexity index is 1020. The molecule has 3 aromatic rings. The molecule has 0 unspecified atom stereocenters. The van der Waals surface area contributed by atoms with Crippen molar-refractivity contribution in [3.63, 3.8) is 0 Å². The third-order valence-corrected chi connectivity index (χ3v) is 6.23. The van der Waals surface area contributed by atoms with Crippen LogP contribution in [0, 0.1) is 11.3 Å². The van der Waals surface area contributed by atoms with Gasteiger partial charge in [-0.3, -0.25) is 19.7 Å². The molecule has 1 amide bonds. The Hall–Kier alpha value is -3.05. The van der Waals surface area contributed by atoms with Gasteiger partial charge in [-0.1, -0.05) is 44.2 Å². The Kier molecular flexibility index (Phi) is 6.96. The zero-order valence-electron chi connectivity index (χ0n) is 19.0. The first-order valence-electron chi connectivity index (χ1n) is 11.4. The maximum Gasteiger partial charge on any atom is 0.227 e. The van der Waals surface area contributed by atoms with Crippen LogP contribution in [0.5, 0.6) is 0 Å². The highest BCUT2D eigenvalue weighted by Crippen LogP contribution is 2.38. The first-order chi connectivity index (χ1) is 15.6. The van der Waals surface area contributed by atoms with Gasteiger partial charge in [0.25, 0.3) is 0 Å². The summed E-state index contributed by atoms with van der Waals surface area (Å²) in [7, 11) is 0. The number of carbonyl (C=O) groups is 1. The van der Waals surface area contributed by atoms with Gasteiger partial charge in [0.15, 0.2) is 0 Å². The summed E-state index contributed by atoms with van der Waals surface area (Å²) in [5.74, 6) is 0.588. The molecule has 3 heterocycles. The van der Waals surface area contributed by atoms with Crippen molar-refractivity contribution in [2.24, 2.45) is 11.3 Å². The molecule has 4 rings (SSSR count). The predicted octanol–water partition coefficient (Wildman–Crippen LogP) is 4.35. The Morgan fingerprint density at radius 1 is 1.06 bits per heavy atom. The number of aromatic nitrogens is 2. The fraction of sp³-hybridized carbons (Fsp3) is 0.370.